The average molecular weight is 262 g/mol. The monoisotopic (exact) mass is 262 g/mol. The summed E-state index contributed by atoms with van der Waals surface area (Å²) in [4.78, 5) is 13.5. The Morgan fingerprint density at radius 2 is 2.16 bits per heavy atom. The van der Waals surface area contributed by atoms with Crippen LogP contribution >= 0.6 is 0 Å². The lowest BCUT2D eigenvalue weighted by Gasteiger charge is -2.17. The molecular weight excluding hydrogens is 240 g/mol. The van der Waals surface area contributed by atoms with Crippen LogP contribution in [0.5, 0.6) is 0 Å². The Kier molecular flexibility index (Phi) is 4.80. The highest BCUT2D eigenvalue weighted by Crippen LogP contribution is 2.17. The molecule has 1 heterocycles. The van der Waals surface area contributed by atoms with Crippen LogP contribution in [0.15, 0.2) is 24.3 Å². The fraction of sp³-hybridized carbons (Fsp3) is 0.533. The van der Waals surface area contributed by atoms with Gasteiger partial charge in [0.2, 0.25) is 0 Å². The van der Waals surface area contributed by atoms with Crippen molar-refractivity contribution in [1.82, 2.24) is 4.90 Å². The highest BCUT2D eigenvalue weighted by molar-refractivity contribution is 5.77. The molecule has 1 fully saturated rings. The molecule has 0 aliphatic carbocycles. The molecule has 0 amide bonds. The maximum Gasteiger partial charge on any atom is 0.326 e. The van der Waals surface area contributed by atoms with Crippen LogP contribution in [0.3, 0.4) is 0 Å². The fourth-order valence-corrected chi connectivity index (χ4v) is 2.50. The normalized spacial score (nSPS) is 17.3. The van der Waals surface area contributed by atoms with Gasteiger partial charge in [-0.25, -0.2) is 4.79 Å². The Morgan fingerprint density at radius 1 is 1.42 bits per heavy atom. The summed E-state index contributed by atoms with van der Waals surface area (Å²) in [6.07, 6.45) is 3.15. The van der Waals surface area contributed by atoms with Crippen molar-refractivity contribution in [3.8, 4) is 0 Å². The molecule has 2 N–H and O–H groups in total. The number of anilines is 1. The van der Waals surface area contributed by atoms with E-state index in [9.17, 15) is 4.79 Å². The molecule has 1 aliphatic heterocycles. The van der Waals surface area contributed by atoms with Crippen LogP contribution in [0, 0.1) is 0 Å². The lowest BCUT2D eigenvalue weighted by molar-refractivity contribution is -0.137. The first-order valence-electron chi connectivity index (χ1n) is 6.99. The predicted octanol–water partition coefficient (Wildman–Crippen LogP) is 2.56. The van der Waals surface area contributed by atoms with Gasteiger partial charge in [0.1, 0.15) is 6.04 Å². The summed E-state index contributed by atoms with van der Waals surface area (Å²) < 4.78 is 0. The Bertz CT molecular complexity index is 428. The summed E-state index contributed by atoms with van der Waals surface area (Å²) in [5.74, 6) is -0.799. The first-order valence-corrected chi connectivity index (χ1v) is 6.99. The predicted molar refractivity (Wildman–Crippen MR) is 76.3 cm³/mol. The van der Waals surface area contributed by atoms with Gasteiger partial charge in [-0.15, -0.1) is 0 Å². The summed E-state index contributed by atoms with van der Waals surface area (Å²) in [5.41, 5.74) is 2.14. The van der Waals surface area contributed by atoms with Crippen molar-refractivity contribution in [1.29, 1.82) is 0 Å². The Hall–Kier alpha value is -1.55. The molecule has 0 radical (unpaired) electrons. The van der Waals surface area contributed by atoms with Crippen molar-refractivity contribution in [3.63, 3.8) is 0 Å². The number of carboxylic acid groups (broad SMARTS) is 1. The van der Waals surface area contributed by atoms with Crippen LogP contribution in [0.1, 0.15) is 31.7 Å². The Morgan fingerprint density at radius 3 is 2.79 bits per heavy atom. The van der Waals surface area contributed by atoms with Crippen molar-refractivity contribution >= 4 is 11.7 Å². The average Bonchev–Trinajstić information content (AvgIpc) is 2.89. The Balaban J connectivity index is 1.99. The topological polar surface area (TPSA) is 52.6 Å². The maximum absolute atomic E-state index is 11.0. The number of rotatable bonds is 6. The molecule has 0 bridgehead atoms. The van der Waals surface area contributed by atoms with Gasteiger partial charge < -0.3 is 10.4 Å². The van der Waals surface area contributed by atoms with Crippen molar-refractivity contribution in [2.24, 2.45) is 0 Å². The standard InChI is InChI=1S/C15H22N2O2/c1-2-14(15(18)19)16-13-7-5-6-12(10-13)11-17-8-3-4-9-17/h5-7,10,14,16H,2-4,8-9,11H2,1H3,(H,18,19). The fourth-order valence-electron chi connectivity index (χ4n) is 2.50. The van der Waals surface area contributed by atoms with Gasteiger partial charge in [0.25, 0.3) is 0 Å². The number of aliphatic carboxylic acids is 1. The molecule has 4 nitrogen and oxygen atoms in total. The maximum atomic E-state index is 11.0. The number of likely N-dealkylation sites (tertiary alicyclic amines) is 1. The van der Waals surface area contributed by atoms with E-state index >= 15 is 0 Å². The van der Waals surface area contributed by atoms with Crippen molar-refractivity contribution < 1.29 is 9.90 Å². The second-order valence-corrected chi connectivity index (χ2v) is 5.13. The zero-order valence-corrected chi connectivity index (χ0v) is 11.4. The minimum atomic E-state index is -0.799. The molecule has 4 heteroatoms. The molecule has 104 valence electrons. The van der Waals surface area contributed by atoms with E-state index in [1.54, 1.807) is 0 Å². The van der Waals surface area contributed by atoms with Crippen LogP contribution in [0.2, 0.25) is 0 Å². The first-order chi connectivity index (χ1) is 9.19. The van der Waals surface area contributed by atoms with Crippen LogP contribution in [0.25, 0.3) is 0 Å². The van der Waals surface area contributed by atoms with E-state index in [4.69, 9.17) is 5.11 Å². The first kappa shape index (κ1) is 13.9. The van der Waals surface area contributed by atoms with E-state index in [1.807, 2.05) is 19.1 Å². The van der Waals surface area contributed by atoms with Gasteiger partial charge in [-0.1, -0.05) is 19.1 Å². The molecule has 1 aromatic rings. The molecule has 1 aliphatic rings. The highest BCUT2D eigenvalue weighted by atomic mass is 16.4. The van der Waals surface area contributed by atoms with Crippen molar-refractivity contribution in [2.45, 2.75) is 38.8 Å². The lowest BCUT2D eigenvalue weighted by Crippen LogP contribution is -2.28. The van der Waals surface area contributed by atoms with Gasteiger partial charge in [-0.3, -0.25) is 4.90 Å². The van der Waals surface area contributed by atoms with E-state index in [-0.39, 0.29) is 0 Å². The van der Waals surface area contributed by atoms with Crippen LogP contribution < -0.4 is 5.32 Å². The lowest BCUT2D eigenvalue weighted by atomic mass is 10.1. The second kappa shape index (κ2) is 6.57. The molecular formula is C15H22N2O2. The second-order valence-electron chi connectivity index (χ2n) is 5.13. The molecule has 0 spiro atoms. The van der Waals surface area contributed by atoms with Crippen molar-refractivity contribution in [2.75, 3.05) is 18.4 Å². The quantitative estimate of drug-likeness (QED) is 0.827. The van der Waals surface area contributed by atoms with Gasteiger partial charge in [-0.05, 0) is 50.0 Å². The number of nitrogens with one attached hydrogen (secondary N) is 1. The molecule has 2 rings (SSSR count). The van der Waals surface area contributed by atoms with Crippen molar-refractivity contribution in [3.05, 3.63) is 29.8 Å². The zero-order chi connectivity index (χ0) is 13.7. The van der Waals surface area contributed by atoms with Gasteiger partial charge in [0.15, 0.2) is 0 Å². The van der Waals surface area contributed by atoms with E-state index in [0.717, 1.165) is 12.2 Å². The van der Waals surface area contributed by atoms with E-state index in [2.05, 4.69) is 22.3 Å². The third-order valence-corrected chi connectivity index (χ3v) is 3.58. The molecule has 0 aromatic heterocycles. The van der Waals surface area contributed by atoms with Gasteiger partial charge >= 0.3 is 5.97 Å². The number of hydrogen-bond donors (Lipinski definition) is 2. The SMILES string of the molecule is CCC(Nc1cccc(CN2CCCC2)c1)C(=O)O. The number of carboxylic acids is 1. The molecule has 1 unspecified atom stereocenters. The third kappa shape index (κ3) is 3.96. The van der Waals surface area contributed by atoms with Gasteiger partial charge in [-0.2, -0.15) is 0 Å². The molecule has 1 aromatic carbocycles. The number of hydrogen-bond acceptors (Lipinski definition) is 3. The summed E-state index contributed by atoms with van der Waals surface area (Å²) in [5, 5.41) is 12.1. The number of carbonyl (C=O) groups is 1. The molecule has 19 heavy (non-hydrogen) atoms. The Labute approximate surface area is 114 Å². The van der Waals surface area contributed by atoms with Gasteiger partial charge in [0.05, 0.1) is 0 Å². The van der Waals surface area contributed by atoms with Crippen LogP contribution in [-0.2, 0) is 11.3 Å². The van der Waals surface area contributed by atoms with Crippen LogP contribution in [0.4, 0.5) is 5.69 Å². The van der Waals surface area contributed by atoms with Crippen LogP contribution in [-0.4, -0.2) is 35.1 Å². The summed E-state index contributed by atoms with van der Waals surface area (Å²) in [7, 11) is 0. The highest BCUT2D eigenvalue weighted by Gasteiger charge is 2.15. The minimum absolute atomic E-state index is 0.512. The third-order valence-electron chi connectivity index (χ3n) is 3.58. The zero-order valence-electron chi connectivity index (χ0n) is 11.4. The minimum Gasteiger partial charge on any atom is -0.480 e. The van der Waals surface area contributed by atoms with E-state index in [0.29, 0.717) is 6.42 Å². The summed E-state index contributed by atoms with van der Waals surface area (Å²) in [6.45, 7) is 5.17. The molecule has 0 saturated carbocycles. The molecule has 1 saturated heterocycles. The smallest absolute Gasteiger partial charge is 0.326 e. The number of nitrogens with zero attached hydrogens (tertiary/aromatic N) is 1. The largest absolute Gasteiger partial charge is 0.480 e. The molecule has 1 atom stereocenters. The summed E-state index contributed by atoms with van der Waals surface area (Å²) >= 11 is 0. The number of benzene rings is 1. The van der Waals surface area contributed by atoms with E-state index in [1.165, 1.54) is 31.5 Å². The van der Waals surface area contributed by atoms with Gasteiger partial charge in [0, 0.05) is 12.2 Å². The van der Waals surface area contributed by atoms with E-state index < -0.39 is 12.0 Å². The summed E-state index contributed by atoms with van der Waals surface area (Å²) in [6, 6.07) is 7.57.